The van der Waals surface area contributed by atoms with Gasteiger partial charge in [-0.05, 0) is 64.2 Å². The van der Waals surface area contributed by atoms with Gasteiger partial charge >= 0.3 is 11.9 Å². The molecule has 0 aliphatic carbocycles. The summed E-state index contributed by atoms with van der Waals surface area (Å²) in [6.45, 7) is 3.37. The predicted octanol–water partition coefficient (Wildman–Crippen LogP) is 11.5. The molecule has 0 fully saturated rings. The second-order valence-electron chi connectivity index (χ2n) is 15.5. The predicted molar refractivity (Wildman–Crippen MR) is 236 cm³/mol. The number of ether oxygens (including phenoxy) is 1. The average molecular weight is 801 g/mol. The van der Waals surface area contributed by atoms with E-state index in [1.165, 1.54) is 89.9 Å². The summed E-state index contributed by atoms with van der Waals surface area (Å²) < 4.78 is 6.00. The van der Waals surface area contributed by atoms with Gasteiger partial charge in [0.1, 0.15) is 12.1 Å². The van der Waals surface area contributed by atoms with Gasteiger partial charge in [-0.2, -0.15) is 0 Å². The van der Waals surface area contributed by atoms with Crippen LogP contribution in [0.2, 0.25) is 0 Å². The minimum Gasteiger partial charge on any atom is -0.480 e. The van der Waals surface area contributed by atoms with Crippen LogP contribution in [0.4, 0.5) is 0 Å². The van der Waals surface area contributed by atoms with Gasteiger partial charge in [0, 0.05) is 12.8 Å². The van der Waals surface area contributed by atoms with E-state index in [1.807, 2.05) is 0 Å². The Morgan fingerprint density at radius 3 is 1.49 bits per heavy atom. The number of nitrogens with one attached hydrogen (secondary N) is 2. The van der Waals surface area contributed by atoms with Gasteiger partial charge in [0.2, 0.25) is 11.8 Å². The van der Waals surface area contributed by atoms with Crippen molar-refractivity contribution in [2.24, 2.45) is 0 Å². The molecule has 0 saturated carbocycles. The van der Waals surface area contributed by atoms with E-state index in [0.717, 1.165) is 83.5 Å². The van der Waals surface area contributed by atoms with E-state index in [-0.39, 0.29) is 30.9 Å². The van der Waals surface area contributed by atoms with Gasteiger partial charge in [-0.1, -0.05) is 178 Å². The summed E-state index contributed by atoms with van der Waals surface area (Å²) in [7, 11) is 0. The molecule has 2 unspecified atom stereocenters. The highest BCUT2D eigenvalue weighted by Crippen LogP contribution is 2.18. The lowest BCUT2D eigenvalue weighted by molar-refractivity contribution is -0.150. The van der Waals surface area contributed by atoms with E-state index in [9.17, 15) is 19.2 Å². The Balaban J connectivity index is 4.38. The molecule has 4 N–H and O–H groups in total. The zero-order valence-corrected chi connectivity index (χ0v) is 36.3. The molecule has 0 aromatic rings. The number of carboxylic acids is 1. The van der Waals surface area contributed by atoms with Crippen LogP contribution in [-0.2, 0) is 23.9 Å². The number of carboxylic acid groups (broad SMARTS) is 1. The minimum atomic E-state index is -1.39. The molecule has 0 saturated heterocycles. The summed E-state index contributed by atoms with van der Waals surface area (Å²) in [6, 6.07) is -1.39. The van der Waals surface area contributed by atoms with Crippen molar-refractivity contribution in [3.8, 4) is 0 Å². The van der Waals surface area contributed by atoms with Gasteiger partial charge in [-0.15, -0.1) is 0 Å². The van der Waals surface area contributed by atoms with Crippen molar-refractivity contribution in [1.29, 1.82) is 0 Å². The highest BCUT2D eigenvalue weighted by atomic mass is 16.5. The SMILES string of the molecule is CC/C=C\C/C=C\C/C=C\C/C=C\CCC(CCCCCCCC(=O)NCC(=O)NC(CO)C(=O)O)OC(=O)CCCCCCCCCCCCCCCCCC. The summed E-state index contributed by atoms with van der Waals surface area (Å²) in [6.07, 6.45) is 50.0. The summed E-state index contributed by atoms with van der Waals surface area (Å²) in [4.78, 5) is 47.6. The van der Waals surface area contributed by atoms with E-state index in [2.05, 4.69) is 73.1 Å². The first-order valence-electron chi connectivity index (χ1n) is 23.0. The number of aliphatic hydroxyl groups excluding tert-OH is 1. The molecule has 0 rings (SSSR count). The van der Waals surface area contributed by atoms with Gasteiger partial charge in [-0.3, -0.25) is 14.4 Å². The Kier molecular flexibility index (Phi) is 40.0. The van der Waals surface area contributed by atoms with Crippen LogP contribution in [0.5, 0.6) is 0 Å². The first kappa shape index (κ1) is 53.8. The van der Waals surface area contributed by atoms with Crippen LogP contribution in [0.1, 0.15) is 206 Å². The van der Waals surface area contributed by atoms with Crippen LogP contribution in [-0.4, -0.2) is 59.3 Å². The van der Waals surface area contributed by atoms with Crippen molar-refractivity contribution in [1.82, 2.24) is 10.6 Å². The molecule has 0 radical (unpaired) electrons. The molecule has 0 aromatic heterocycles. The van der Waals surface area contributed by atoms with Crippen LogP contribution in [0.3, 0.4) is 0 Å². The molecule has 0 bridgehead atoms. The number of hydrogen-bond donors (Lipinski definition) is 4. The number of hydrogen-bond acceptors (Lipinski definition) is 6. The Morgan fingerprint density at radius 1 is 0.544 bits per heavy atom. The molecule has 9 nitrogen and oxygen atoms in total. The van der Waals surface area contributed by atoms with Crippen molar-refractivity contribution < 1.29 is 34.1 Å². The molecule has 2 atom stereocenters. The van der Waals surface area contributed by atoms with Crippen molar-refractivity contribution >= 4 is 23.8 Å². The third-order valence-corrected chi connectivity index (χ3v) is 10.1. The van der Waals surface area contributed by atoms with E-state index < -0.39 is 24.5 Å². The molecule has 0 aliphatic rings. The molecular formula is C48H84N2O7. The number of aliphatic carboxylic acids is 1. The van der Waals surface area contributed by atoms with Gasteiger partial charge in [0.25, 0.3) is 0 Å². The molecule has 9 heteroatoms. The topological polar surface area (TPSA) is 142 Å². The Labute approximate surface area is 348 Å². The largest absolute Gasteiger partial charge is 0.480 e. The van der Waals surface area contributed by atoms with Gasteiger partial charge < -0.3 is 25.6 Å². The summed E-state index contributed by atoms with van der Waals surface area (Å²) in [5.74, 6) is -2.34. The van der Waals surface area contributed by atoms with Crippen LogP contribution in [0.25, 0.3) is 0 Å². The number of allylic oxidation sites excluding steroid dienone is 8. The number of amides is 2. The number of carbonyl (C=O) groups is 4. The number of carbonyl (C=O) groups excluding carboxylic acids is 3. The van der Waals surface area contributed by atoms with E-state index in [0.29, 0.717) is 12.8 Å². The molecule has 57 heavy (non-hydrogen) atoms. The maximum atomic E-state index is 12.8. The highest BCUT2D eigenvalue weighted by molar-refractivity contribution is 5.87. The molecule has 0 aliphatic heterocycles. The van der Waals surface area contributed by atoms with Gasteiger partial charge in [-0.25, -0.2) is 4.79 Å². The lowest BCUT2D eigenvalue weighted by atomic mass is 10.0. The minimum absolute atomic E-state index is 0.0787. The van der Waals surface area contributed by atoms with E-state index >= 15 is 0 Å². The third-order valence-electron chi connectivity index (χ3n) is 10.1. The fraction of sp³-hybridized carbons (Fsp3) is 0.750. The third kappa shape index (κ3) is 39.4. The number of unbranched alkanes of at least 4 members (excludes halogenated alkanes) is 19. The Bertz CT molecular complexity index is 1100. The van der Waals surface area contributed by atoms with Gasteiger partial charge in [0.15, 0.2) is 0 Å². The van der Waals surface area contributed by atoms with Crippen LogP contribution in [0, 0.1) is 0 Å². The summed E-state index contributed by atoms with van der Waals surface area (Å²) >= 11 is 0. The molecule has 2 amide bonds. The van der Waals surface area contributed by atoms with Crippen LogP contribution in [0.15, 0.2) is 48.6 Å². The average Bonchev–Trinajstić information content (AvgIpc) is 3.20. The van der Waals surface area contributed by atoms with Crippen molar-refractivity contribution in [2.45, 2.75) is 219 Å². The first-order chi connectivity index (χ1) is 27.8. The molecular weight excluding hydrogens is 717 g/mol. The zero-order chi connectivity index (χ0) is 41.9. The smallest absolute Gasteiger partial charge is 0.328 e. The fourth-order valence-corrected chi connectivity index (χ4v) is 6.59. The lowest BCUT2D eigenvalue weighted by Gasteiger charge is -2.17. The first-order valence-corrected chi connectivity index (χ1v) is 23.0. The second kappa shape index (κ2) is 42.4. The van der Waals surface area contributed by atoms with Crippen molar-refractivity contribution in [2.75, 3.05) is 13.2 Å². The molecule has 0 aromatic carbocycles. The zero-order valence-electron chi connectivity index (χ0n) is 36.3. The maximum Gasteiger partial charge on any atom is 0.328 e. The standard InChI is InChI=1S/C48H84N2O7/c1-3-5-7-9-11-13-15-17-18-19-21-23-25-27-32-36-40-47(54)57-43(37-33-29-26-24-22-20-16-14-12-10-8-6-4-2)38-34-30-28-31-35-39-45(52)49-41-46(53)50-44(42-51)48(55)56/h6,8,12,14,20,22,26,29,43-44,51H,3-5,7,9-11,13,15-19,21,23-25,27-28,30-42H2,1-2H3,(H,49,52)(H,50,53)(H,55,56)/b8-6-,14-12-,22-20-,29-26-. The normalized spacial score (nSPS) is 12.9. The molecule has 0 heterocycles. The Hall–Kier alpha value is -3.20. The lowest BCUT2D eigenvalue weighted by Crippen LogP contribution is -2.47. The monoisotopic (exact) mass is 801 g/mol. The second-order valence-corrected chi connectivity index (χ2v) is 15.5. The van der Waals surface area contributed by atoms with Crippen molar-refractivity contribution in [3.63, 3.8) is 0 Å². The number of aliphatic hydroxyl groups is 1. The highest BCUT2D eigenvalue weighted by Gasteiger charge is 2.19. The number of rotatable bonds is 41. The molecule has 328 valence electrons. The summed E-state index contributed by atoms with van der Waals surface area (Å²) in [5.41, 5.74) is 0. The van der Waals surface area contributed by atoms with Gasteiger partial charge in [0.05, 0.1) is 13.2 Å². The summed E-state index contributed by atoms with van der Waals surface area (Å²) in [5, 5.41) is 22.6. The fourth-order valence-electron chi connectivity index (χ4n) is 6.59. The van der Waals surface area contributed by atoms with Crippen molar-refractivity contribution in [3.05, 3.63) is 48.6 Å². The van der Waals surface area contributed by atoms with Crippen LogP contribution < -0.4 is 10.6 Å². The van der Waals surface area contributed by atoms with E-state index in [4.69, 9.17) is 14.9 Å². The quantitative estimate of drug-likeness (QED) is 0.0274. The van der Waals surface area contributed by atoms with E-state index in [1.54, 1.807) is 0 Å². The molecule has 0 spiro atoms. The Morgan fingerprint density at radius 2 is 1.00 bits per heavy atom. The maximum absolute atomic E-state index is 12.8. The number of esters is 1. The van der Waals surface area contributed by atoms with Crippen LogP contribution >= 0.6 is 0 Å².